The minimum atomic E-state index is -0.338. The van der Waals surface area contributed by atoms with Crippen LogP contribution in [0.1, 0.15) is 96.7 Å². The van der Waals surface area contributed by atoms with Crippen LogP contribution in [0.5, 0.6) is 0 Å². The van der Waals surface area contributed by atoms with Crippen molar-refractivity contribution in [3.8, 4) is 12.5 Å². The molecule has 0 bridgehead atoms. The third-order valence-corrected chi connectivity index (χ3v) is 5.80. The summed E-state index contributed by atoms with van der Waals surface area (Å²) in [6.45, 7) is 25.6. The van der Waals surface area contributed by atoms with Gasteiger partial charge in [0.15, 0.2) is 5.43 Å². The number of terminal acetylenes is 1. The zero-order chi connectivity index (χ0) is 33.1. The van der Waals surface area contributed by atoms with Crippen molar-refractivity contribution in [2.45, 2.75) is 82.2 Å². The standard InChI is InChI=1S/C30H30FN3O.C4H10.2C2H6/c1-7-15-34-19-26(30(32-6)33-8-2)28(35)18-27(34)22(5)29(24-13-10-14-25(31)17-24)21(4)23-12-9-11-20(3)16-23;1-4(2)3;2*1-2/h2,9-14,16-19H,4,7,15H2,1,3,5-6H3,(H,32,33);4H,1-3H3;2*1-2H3/b29-22-;;;. The number of nitrogens with zero attached hydrogens (tertiary/aromatic N) is 2. The highest BCUT2D eigenvalue weighted by atomic mass is 19.1. The Morgan fingerprint density at radius 2 is 1.63 bits per heavy atom. The fourth-order valence-electron chi connectivity index (χ4n) is 4.18. The summed E-state index contributed by atoms with van der Waals surface area (Å²) in [5.74, 6) is 0.834. The average molecular weight is 586 g/mol. The van der Waals surface area contributed by atoms with Crippen LogP contribution in [-0.2, 0) is 6.54 Å². The van der Waals surface area contributed by atoms with Crippen LogP contribution in [0.25, 0.3) is 16.7 Å². The molecule has 0 radical (unpaired) electrons. The van der Waals surface area contributed by atoms with E-state index < -0.39 is 0 Å². The second-order valence-electron chi connectivity index (χ2n) is 10.1. The van der Waals surface area contributed by atoms with Crippen molar-refractivity contribution in [2.75, 3.05) is 7.05 Å². The van der Waals surface area contributed by atoms with Crippen LogP contribution in [0, 0.1) is 31.1 Å². The van der Waals surface area contributed by atoms with Crippen molar-refractivity contribution in [3.05, 3.63) is 111 Å². The van der Waals surface area contributed by atoms with Gasteiger partial charge < -0.3 is 4.57 Å². The van der Waals surface area contributed by atoms with Gasteiger partial charge in [-0.05, 0) is 66.2 Å². The molecule has 0 amide bonds. The van der Waals surface area contributed by atoms with Gasteiger partial charge in [0.1, 0.15) is 11.7 Å². The number of rotatable bonds is 7. The van der Waals surface area contributed by atoms with Crippen molar-refractivity contribution >= 4 is 22.6 Å². The van der Waals surface area contributed by atoms with E-state index in [0.29, 0.717) is 23.5 Å². The summed E-state index contributed by atoms with van der Waals surface area (Å²) < 4.78 is 16.3. The van der Waals surface area contributed by atoms with Gasteiger partial charge in [-0.25, -0.2) is 4.39 Å². The van der Waals surface area contributed by atoms with E-state index in [1.807, 2.05) is 76.4 Å². The summed E-state index contributed by atoms with van der Waals surface area (Å²) in [7, 11) is 1.58. The van der Waals surface area contributed by atoms with Gasteiger partial charge in [0, 0.05) is 37.6 Å². The Morgan fingerprint density at radius 3 is 2.14 bits per heavy atom. The number of aryl methyl sites for hydroxylation is 2. The van der Waals surface area contributed by atoms with Crippen molar-refractivity contribution in [1.29, 1.82) is 0 Å². The molecule has 0 saturated heterocycles. The zero-order valence-electron chi connectivity index (χ0n) is 28.2. The average Bonchev–Trinajstić information content (AvgIpc) is 2.98. The molecule has 0 aliphatic carbocycles. The predicted octanol–water partition coefficient (Wildman–Crippen LogP) is 9.62. The number of allylic oxidation sites excluding steroid dienone is 3. The van der Waals surface area contributed by atoms with Gasteiger partial charge in [-0.3, -0.25) is 15.1 Å². The number of amidine groups is 1. The molecular weight excluding hydrogens is 533 g/mol. The molecule has 43 heavy (non-hydrogen) atoms. The van der Waals surface area contributed by atoms with E-state index >= 15 is 0 Å². The molecule has 0 atom stereocenters. The summed E-state index contributed by atoms with van der Waals surface area (Å²) in [6.07, 6.45) is 8.00. The Kier molecular flexibility index (Phi) is 18.7. The second-order valence-corrected chi connectivity index (χ2v) is 10.1. The molecule has 232 valence electrons. The van der Waals surface area contributed by atoms with Crippen LogP contribution >= 0.6 is 0 Å². The molecule has 1 N–H and O–H groups in total. The number of benzene rings is 2. The van der Waals surface area contributed by atoms with E-state index in [4.69, 9.17) is 6.42 Å². The lowest BCUT2D eigenvalue weighted by atomic mass is 9.88. The quantitative estimate of drug-likeness (QED) is 0.0986. The molecule has 0 spiro atoms. The Balaban J connectivity index is 0.00000200. The third-order valence-electron chi connectivity index (χ3n) is 5.80. The number of nitrogens with one attached hydrogen (secondary N) is 1. The summed E-state index contributed by atoms with van der Waals surface area (Å²) in [5.41, 5.74) is 5.97. The Hall–Kier alpha value is -4.17. The summed E-state index contributed by atoms with van der Waals surface area (Å²) >= 11 is 0. The van der Waals surface area contributed by atoms with Crippen molar-refractivity contribution in [3.63, 3.8) is 0 Å². The van der Waals surface area contributed by atoms with E-state index in [2.05, 4.69) is 50.6 Å². The van der Waals surface area contributed by atoms with Crippen molar-refractivity contribution in [1.82, 2.24) is 9.88 Å². The molecule has 0 aliphatic rings. The number of aliphatic imine (C=N–C) groups is 1. The maximum absolute atomic E-state index is 14.3. The number of hydrogen-bond acceptors (Lipinski definition) is 2. The van der Waals surface area contributed by atoms with Crippen LogP contribution in [0.3, 0.4) is 0 Å². The van der Waals surface area contributed by atoms with Crippen molar-refractivity contribution in [2.24, 2.45) is 10.9 Å². The normalized spacial score (nSPS) is 10.9. The lowest BCUT2D eigenvalue weighted by Crippen LogP contribution is -2.28. The van der Waals surface area contributed by atoms with E-state index in [-0.39, 0.29) is 11.2 Å². The first-order valence-corrected chi connectivity index (χ1v) is 15.2. The smallest absolute Gasteiger partial charge is 0.193 e. The number of halogens is 1. The summed E-state index contributed by atoms with van der Waals surface area (Å²) in [6, 6.07) is 18.4. The molecule has 3 rings (SSSR count). The molecule has 5 heteroatoms. The SMILES string of the molecule is C#CNC(=NC)c1cn(CCC)c(/C(C)=C(/C(=C)c2cccc(C)c2)c2cccc(F)c2)cc1=O.CC.CC.CC(C)C. The molecule has 0 unspecified atom stereocenters. The highest BCUT2D eigenvalue weighted by molar-refractivity contribution is 6.13. The Labute approximate surface area is 260 Å². The van der Waals surface area contributed by atoms with Gasteiger partial charge in [0.05, 0.1) is 5.56 Å². The molecule has 4 nitrogen and oxygen atoms in total. The van der Waals surface area contributed by atoms with Crippen LogP contribution in [0.4, 0.5) is 4.39 Å². The minimum absolute atomic E-state index is 0.213. The minimum Gasteiger partial charge on any atom is -0.347 e. The first kappa shape index (κ1) is 38.8. The molecule has 2 aromatic carbocycles. The number of aromatic nitrogens is 1. The van der Waals surface area contributed by atoms with Crippen LogP contribution in [0.15, 0.2) is 77.2 Å². The number of hydrogen-bond donors (Lipinski definition) is 1. The molecule has 1 heterocycles. The van der Waals surface area contributed by atoms with Gasteiger partial charge in [-0.15, -0.1) is 0 Å². The Morgan fingerprint density at radius 1 is 1.05 bits per heavy atom. The molecule has 0 aliphatic heterocycles. The molecule has 1 aromatic heterocycles. The largest absolute Gasteiger partial charge is 0.347 e. The maximum atomic E-state index is 14.3. The third kappa shape index (κ3) is 11.9. The van der Waals surface area contributed by atoms with Crippen LogP contribution in [0.2, 0.25) is 0 Å². The second kappa shape index (κ2) is 20.7. The van der Waals surface area contributed by atoms with Crippen molar-refractivity contribution < 1.29 is 4.39 Å². The zero-order valence-corrected chi connectivity index (χ0v) is 28.2. The fraction of sp³-hybridized carbons (Fsp3) is 0.368. The lowest BCUT2D eigenvalue weighted by molar-refractivity contribution is 0.627. The van der Waals surface area contributed by atoms with Gasteiger partial charge >= 0.3 is 0 Å². The van der Waals surface area contributed by atoms with Gasteiger partial charge in [-0.2, -0.15) is 0 Å². The first-order valence-electron chi connectivity index (χ1n) is 15.2. The molecule has 3 aromatic rings. The topological polar surface area (TPSA) is 46.4 Å². The molecule has 0 saturated carbocycles. The van der Waals surface area contributed by atoms with Gasteiger partial charge in [0.2, 0.25) is 0 Å². The maximum Gasteiger partial charge on any atom is 0.193 e. The van der Waals surface area contributed by atoms with E-state index in [9.17, 15) is 9.18 Å². The first-order chi connectivity index (χ1) is 20.5. The monoisotopic (exact) mass is 585 g/mol. The summed E-state index contributed by atoms with van der Waals surface area (Å²) in [5, 5.41) is 2.70. The molecular formula is C38H52FN3O. The predicted molar refractivity (Wildman–Crippen MR) is 188 cm³/mol. The summed E-state index contributed by atoms with van der Waals surface area (Å²) in [4.78, 5) is 17.3. The van der Waals surface area contributed by atoms with E-state index in [0.717, 1.165) is 45.9 Å². The van der Waals surface area contributed by atoms with Gasteiger partial charge in [0.25, 0.3) is 0 Å². The Bertz CT molecular complexity index is 1470. The van der Waals surface area contributed by atoms with Crippen LogP contribution in [-0.4, -0.2) is 17.5 Å². The van der Waals surface area contributed by atoms with Gasteiger partial charge in [-0.1, -0.05) is 110 Å². The van der Waals surface area contributed by atoms with E-state index in [1.54, 1.807) is 25.4 Å². The number of pyridine rings is 1. The highest BCUT2D eigenvalue weighted by Gasteiger charge is 2.18. The van der Waals surface area contributed by atoms with E-state index in [1.165, 1.54) is 12.1 Å². The highest BCUT2D eigenvalue weighted by Crippen LogP contribution is 2.37. The van der Waals surface area contributed by atoms with Crippen LogP contribution < -0.4 is 10.7 Å². The fourth-order valence-corrected chi connectivity index (χ4v) is 4.18. The lowest BCUT2D eigenvalue weighted by Gasteiger charge is -2.21. The molecule has 0 fully saturated rings.